The van der Waals surface area contributed by atoms with Crippen molar-refractivity contribution in [3.63, 3.8) is 0 Å². The average Bonchev–Trinajstić information content (AvgIpc) is 2.30. The van der Waals surface area contributed by atoms with Gasteiger partial charge in [0.2, 0.25) is 0 Å². The molecule has 0 saturated heterocycles. The fourth-order valence-electron chi connectivity index (χ4n) is 1.32. The normalized spacial score (nSPS) is 12.2. The molecule has 0 bridgehead atoms. The van der Waals surface area contributed by atoms with Crippen LogP contribution in [0.1, 0.15) is 52.4 Å². The van der Waals surface area contributed by atoms with Crippen LogP contribution in [0.15, 0.2) is 9.50 Å². The van der Waals surface area contributed by atoms with Gasteiger partial charge in [0, 0.05) is 0 Å². The summed E-state index contributed by atoms with van der Waals surface area (Å²) in [6.07, 6.45) is 6.14. The van der Waals surface area contributed by atoms with Gasteiger partial charge in [0.05, 0.1) is 0 Å². The van der Waals surface area contributed by atoms with Crippen LogP contribution in [-0.2, 0) is 9.53 Å². The van der Waals surface area contributed by atoms with Gasteiger partial charge in [-0.25, -0.2) is 0 Å². The van der Waals surface area contributed by atoms with Crippen molar-refractivity contribution in [3.8, 4) is 0 Å². The SMILES string of the molecule is CCCCC/C(Cl)=C(/[Se]C)C(=O)OCCCC. The predicted octanol–water partition coefficient (Wildman–Crippen LogP) is 4.11. The van der Waals surface area contributed by atoms with Crippen LogP contribution >= 0.6 is 11.6 Å². The van der Waals surface area contributed by atoms with Crippen LogP contribution in [0, 0.1) is 0 Å². The summed E-state index contributed by atoms with van der Waals surface area (Å²) in [5, 5.41) is 0.711. The van der Waals surface area contributed by atoms with Crippen molar-refractivity contribution < 1.29 is 9.53 Å². The first-order valence-electron chi connectivity index (χ1n) is 6.27. The van der Waals surface area contributed by atoms with Crippen molar-refractivity contribution in [2.75, 3.05) is 6.61 Å². The van der Waals surface area contributed by atoms with Crippen molar-refractivity contribution in [2.45, 2.75) is 58.2 Å². The molecule has 100 valence electrons. The number of hydrogen-bond donors (Lipinski definition) is 0. The van der Waals surface area contributed by atoms with Crippen molar-refractivity contribution in [3.05, 3.63) is 9.50 Å². The molecule has 0 radical (unpaired) electrons. The van der Waals surface area contributed by atoms with E-state index < -0.39 is 0 Å². The fraction of sp³-hybridized carbons (Fsp3) is 0.769. The van der Waals surface area contributed by atoms with E-state index in [4.69, 9.17) is 16.3 Å². The molecule has 0 aromatic carbocycles. The second kappa shape index (κ2) is 11.1. The number of carbonyl (C=O) groups is 1. The third-order valence-electron chi connectivity index (χ3n) is 2.37. The molecular formula is C13H23ClO2Se. The summed E-state index contributed by atoms with van der Waals surface area (Å²) in [6.45, 7) is 4.74. The number of hydrogen-bond acceptors (Lipinski definition) is 2. The molecule has 0 rings (SSSR count). The Balaban J connectivity index is 4.24. The van der Waals surface area contributed by atoms with Gasteiger partial charge >= 0.3 is 116 Å². The van der Waals surface area contributed by atoms with Crippen LogP contribution in [-0.4, -0.2) is 27.5 Å². The van der Waals surface area contributed by atoms with Gasteiger partial charge in [-0.05, 0) is 0 Å². The van der Waals surface area contributed by atoms with E-state index in [1.165, 1.54) is 0 Å². The van der Waals surface area contributed by atoms with E-state index in [1.807, 2.05) is 5.82 Å². The van der Waals surface area contributed by atoms with E-state index in [9.17, 15) is 4.79 Å². The second-order valence-electron chi connectivity index (χ2n) is 3.88. The number of carbonyl (C=O) groups excluding carboxylic acids is 1. The van der Waals surface area contributed by atoms with E-state index in [0.717, 1.165) is 38.5 Å². The van der Waals surface area contributed by atoms with Crippen molar-refractivity contribution in [1.82, 2.24) is 0 Å². The van der Waals surface area contributed by atoms with Gasteiger partial charge in [0.15, 0.2) is 0 Å². The first kappa shape index (κ1) is 17.0. The number of rotatable bonds is 9. The number of unbranched alkanes of at least 4 members (excludes halogenated alkanes) is 3. The van der Waals surface area contributed by atoms with Gasteiger partial charge < -0.3 is 0 Å². The van der Waals surface area contributed by atoms with Crippen molar-refractivity contribution >= 4 is 32.5 Å². The molecule has 0 aromatic heterocycles. The molecule has 0 unspecified atom stereocenters. The third kappa shape index (κ3) is 7.86. The predicted molar refractivity (Wildman–Crippen MR) is 74.5 cm³/mol. The number of halogens is 1. The van der Waals surface area contributed by atoms with Gasteiger partial charge in [-0.2, -0.15) is 0 Å². The first-order chi connectivity index (χ1) is 8.17. The summed E-state index contributed by atoms with van der Waals surface area (Å²) < 4.78 is 5.91. The van der Waals surface area contributed by atoms with Gasteiger partial charge in [-0.15, -0.1) is 0 Å². The minimum atomic E-state index is -0.206. The van der Waals surface area contributed by atoms with Crippen LogP contribution in [0.2, 0.25) is 5.82 Å². The monoisotopic (exact) mass is 326 g/mol. The molecule has 4 heteroatoms. The van der Waals surface area contributed by atoms with Crippen molar-refractivity contribution in [1.29, 1.82) is 0 Å². The zero-order valence-electron chi connectivity index (χ0n) is 11.1. The summed E-state index contributed by atoms with van der Waals surface area (Å²) in [4.78, 5) is 11.8. The molecule has 0 aromatic rings. The Morgan fingerprint density at radius 2 is 1.82 bits per heavy atom. The molecule has 0 aliphatic carbocycles. The van der Waals surface area contributed by atoms with Crippen molar-refractivity contribution in [2.24, 2.45) is 0 Å². The van der Waals surface area contributed by atoms with Crippen LogP contribution in [0.5, 0.6) is 0 Å². The van der Waals surface area contributed by atoms with Crippen LogP contribution in [0.4, 0.5) is 0 Å². The van der Waals surface area contributed by atoms with E-state index in [-0.39, 0.29) is 20.9 Å². The summed E-state index contributed by atoms with van der Waals surface area (Å²) in [7, 11) is 0. The van der Waals surface area contributed by atoms with Gasteiger partial charge in [-0.1, -0.05) is 0 Å². The summed E-state index contributed by atoms with van der Waals surface area (Å²) in [6, 6.07) is 0. The topological polar surface area (TPSA) is 26.3 Å². The Morgan fingerprint density at radius 3 is 2.35 bits per heavy atom. The Labute approximate surface area is 116 Å². The molecule has 0 spiro atoms. The zero-order valence-corrected chi connectivity index (χ0v) is 13.5. The molecule has 0 amide bonds. The fourth-order valence-corrected chi connectivity index (χ4v) is 3.09. The molecule has 0 fully saturated rings. The third-order valence-corrected chi connectivity index (χ3v) is 4.72. The van der Waals surface area contributed by atoms with E-state index in [0.29, 0.717) is 16.1 Å². The summed E-state index contributed by atoms with van der Waals surface area (Å²) in [5.41, 5.74) is 0. The number of ether oxygens (including phenoxy) is 1. The Kier molecular flexibility index (Phi) is 11.1. The van der Waals surface area contributed by atoms with E-state index >= 15 is 0 Å². The maximum atomic E-state index is 11.8. The van der Waals surface area contributed by atoms with Gasteiger partial charge in [0.25, 0.3) is 0 Å². The minimum absolute atomic E-state index is 0.104. The van der Waals surface area contributed by atoms with Crippen LogP contribution in [0.25, 0.3) is 0 Å². The van der Waals surface area contributed by atoms with Gasteiger partial charge in [0.1, 0.15) is 0 Å². The number of allylic oxidation sites excluding steroid dienone is 1. The molecule has 0 saturated carbocycles. The quantitative estimate of drug-likeness (QED) is 0.276. The molecule has 17 heavy (non-hydrogen) atoms. The Hall–Kier alpha value is 0.0195. The van der Waals surface area contributed by atoms with E-state index in [2.05, 4.69) is 13.8 Å². The van der Waals surface area contributed by atoms with E-state index in [1.54, 1.807) is 0 Å². The molecule has 2 nitrogen and oxygen atoms in total. The Morgan fingerprint density at radius 1 is 1.18 bits per heavy atom. The zero-order chi connectivity index (χ0) is 13.1. The maximum absolute atomic E-state index is 11.8. The van der Waals surface area contributed by atoms with Gasteiger partial charge in [-0.3, -0.25) is 0 Å². The van der Waals surface area contributed by atoms with Crippen LogP contribution < -0.4 is 0 Å². The standard InChI is InChI=1S/C13H23ClO2Se/c1-4-6-8-9-11(14)12(17-3)13(15)16-10-7-5-2/h4-10H2,1-3H3/b12-11-. The number of esters is 1. The molecule has 0 aliphatic heterocycles. The molecule has 0 N–H and O–H groups in total. The first-order valence-corrected chi connectivity index (χ1v) is 9.21. The average molecular weight is 326 g/mol. The molecule has 0 aliphatic rings. The molecule has 0 atom stereocenters. The summed E-state index contributed by atoms with van der Waals surface area (Å²) in [5.74, 6) is 1.80. The molecule has 0 heterocycles. The summed E-state index contributed by atoms with van der Waals surface area (Å²) >= 11 is 6.29. The molecular weight excluding hydrogens is 303 g/mol. The second-order valence-corrected chi connectivity index (χ2v) is 6.05. The Bertz CT molecular complexity index is 252. The van der Waals surface area contributed by atoms with Crippen LogP contribution in [0.3, 0.4) is 0 Å².